The lowest BCUT2D eigenvalue weighted by Gasteiger charge is -2.10. The van der Waals surface area contributed by atoms with Gasteiger partial charge in [-0.15, -0.1) is 0 Å². The van der Waals surface area contributed by atoms with Crippen molar-refractivity contribution >= 4 is 35.4 Å². The maximum absolute atomic E-state index is 11.9. The van der Waals surface area contributed by atoms with Crippen molar-refractivity contribution in [3.05, 3.63) is 64.2 Å². The van der Waals surface area contributed by atoms with Gasteiger partial charge in [0.2, 0.25) is 0 Å². The van der Waals surface area contributed by atoms with Crippen LogP contribution < -0.4 is 5.32 Å². The van der Waals surface area contributed by atoms with Gasteiger partial charge in [0.25, 0.3) is 5.91 Å². The summed E-state index contributed by atoms with van der Waals surface area (Å²) in [4.78, 5) is 23.8. The van der Waals surface area contributed by atoms with Gasteiger partial charge in [0.05, 0.1) is 11.8 Å². The number of nitrogens with zero attached hydrogens (tertiary/aromatic N) is 1. The van der Waals surface area contributed by atoms with E-state index >= 15 is 0 Å². The molecule has 0 aliphatic rings. The summed E-state index contributed by atoms with van der Waals surface area (Å²) in [5.41, 5.74) is 2.22. The molecule has 2 N–H and O–H groups in total. The smallest absolute Gasteiger partial charge is 0.338 e. The first-order chi connectivity index (χ1) is 11.5. The van der Waals surface area contributed by atoms with Gasteiger partial charge in [-0.25, -0.2) is 4.79 Å². The van der Waals surface area contributed by atoms with Crippen LogP contribution in [0.25, 0.3) is 0 Å². The molecule has 1 amide bonds. The fraction of sp³-hybridized carbons (Fsp3) is 0.118. The highest BCUT2D eigenvalue weighted by atomic mass is 35.5. The van der Waals surface area contributed by atoms with Crippen molar-refractivity contribution in [2.75, 3.05) is 11.9 Å². The SMILES string of the molecule is Cc1c(Cl)cccc1NC(=O)COC(=O)c1ccc(C=NO)cc1. The predicted octanol–water partition coefficient (Wildman–Crippen LogP) is 3.25. The van der Waals surface area contributed by atoms with Crippen LogP contribution in [0.3, 0.4) is 0 Å². The molecular weight excluding hydrogens is 332 g/mol. The molecule has 0 radical (unpaired) electrons. The Morgan fingerprint density at radius 1 is 1.25 bits per heavy atom. The molecule has 0 aliphatic heterocycles. The maximum Gasteiger partial charge on any atom is 0.338 e. The van der Waals surface area contributed by atoms with E-state index in [2.05, 4.69) is 10.5 Å². The Morgan fingerprint density at radius 2 is 1.96 bits per heavy atom. The van der Waals surface area contributed by atoms with Crippen molar-refractivity contribution in [3.8, 4) is 0 Å². The molecule has 2 rings (SSSR count). The summed E-state index contributed by atoms with van der Waals surface area (Å²) in [6, 6.07) is 11.3. The fourth-order valence-corrected chi connectivity index (χ4v) is 2.09. The van der Waals surface area contributed by atoms with Crippen molar-refractivity contribution in [1.82, 2.24) is 0 Å². The van der Waals surface area contributed by atoms with E-state index in [0.717, 1.165) is 5.56 Å². The van der Waals surface area contributed by atoms with Crippen molar-refractivity contribution < 1.29 is 19.5 Å². The topological polar surface area (TPSA) is 88.0 Å². The number of esters is 1. The minimum absolute atomic E-state index is 0.289. The number of benzene rings is 2. The van der Waals surface area contributed by atoms with Gasteiger partial charge in [-0.2, -0.15) is 0 Å². The lowest BCUT2D eigenvalue weighted by molar-refractivity contribution is -0.119. The number of anilines is 1. The summed E-state index contributed by atoms with van der Waals surface area (Å²) in [7, 11) is 0. The molecule has 0 unspecified atom stereocenters. The van der Waals surface area contributed by atoms with Crippen molar-refractivity contribution in [3.63, 3.8) is 0 Å². The molecule has 2 aromatic carbocycles. The molecule has 7 heteroatoms. The first-order valence-corrected chi connectivity index (χ1v) is 7.38. The summed E-state index contributed by atoms with van der Waals surface area (Å²) in [5.74, 6) is -1.08. The molecule has 0 aliphatic carbocycles. The van der Waals surface area contributed by atoms with E-state index in [1.807, 2.05) is 0 Å². The van der Waals surface area contributed by atoms with E-state index in [1.165, 1.54) is 18.3 Å². The number of nitrogens with one attached hydrogen (secondary N) is 1. The quantitative estimate of drug-likeness (QED) is 0.376. The first-order valence-electron chi connectivity index (χ1n) is 7.01. The Kier molecular flexibility index (Phi) is 5.92. The Bertz CT molecular complexity index is 773. The van der Waals surface area contributed by atoms with Crippen molar-refractivity contribution in [1.29, 1.82) is 0 Å². The third-order valence-electron chi connectivity index (χ3n) is 3.23. The second-order valence-corrected chi connectivity index (χ2v) is 5.31. The molecule has 24 heavy (non-hydrogen) atoms. The van der Waals surface area contributed by atoms with Gasteiger partial charge in [0, 0.05) is 10.7 Å². The molecule has 124 valence electrons. The van der Waals surface area contributed by atoms with Crippen LogP contribution in [-0.4, -0.2) is 29.9 Å². The number of carbonyl (C=O) groups is 2. The van der Waals surface area contributed by atoms with Gasteiger partial charge in [-0.3, -0.25) is 4.79 Å². The zero-order valence-corrected chi connectivity index (χ0v) is 13.6. The number of oxime groups is 1. The van der Waals surface area contributed by atoms with Crippen LogP contribution in [0.5, 0.6) is 0 Å². The minimum atomic E-state index is -0.625. The van der Waals surface area contributed by atoms with Crippen molar-refractivity contribution in [2.45, 2.75) is 6.92 Å². The molecule has 0 aromatic heterocycles. The van der Waals surface area contributed by atoms with E-state index < -0.39 is 18.5 Å². The molecule has 0 saturated heterocycles. The van der Waals surface area contributed by atoms with Crippen LogP contribution in [0.2, 0.25) is 5.02 Å². The first kappa shape index (κ1) is 17.5. The normalized spacial score (nSPS) is 10.6. The molecule has 6 nitrogen and oxygen atoms in total. The average molecular weight is 347 g/mol. The second kappa shape index (κ2) is 8.12. The van der Waals surface area contributed by atoms with Crippen LogP contribution >= 0.6 is 11.6 Å². The van der Waals surface area contributed by atoms with Crippen LogP contribution in [-0.2, 0) is 9.53 Å². The minimum Gasteiger partial charge on any atom is -0.452 e. The van der Waals surface area contributed by atoms with Gasteiger partial charge in [0.15, 0.2) is 6.61 Å². The number of halogens is 1. The van der Waals surface area contributed by atoms with Gasteiger partial charge < -0.3 is 15.3 Å². The Morgan fingerprint density at radius 3 is 2.62 bits per heavy atom. The number of carbonyl (C=O) groups excluding carboxylic acids is 2. The number of ether oxygens (including phenoxy) is 1. The standard InChI is InChI=1S/C17H15ClN2O4/c1-11-14(18)3-2-4-15(11)20-16(21)10-24-17(22)13-7-5-12(6-8-13)9-19-23/h2-9,23H,10H2,1H3,(H,20,21). The van der Waals surface area contributed by atoms with E-state index in [4.69, 9.17) is 21.5 Å². The average Bonchev–Trinajstić information content (AvgIpc) is 2.58. The molecule has 0 saturated carbocycles. The van der Waals surface area contributed by atoms with Crippen molar-refractivity contribution in [2.24, 2.45) is 5.16 Å². The van der Waals surface area contributed by atoms with Gasteiger partial charge >= 0.3 is 5.97 Å². The number of amides is 1. The van der Waals surface area contributed by atoms with Crippen LogP contribution in [0.4, 0.5) is 5.69 Å². The number of hydrogen-bond donors (Lipinski definition) is 2. The molecule has 2 aromatic rings. The van der Waals surface area contributed by atoms with Crippen LogP contribution in [0.1, 0.15) is 21.5 Å². The van der Waals surface area contributed by atoms with Crippen LogP contribution in [0.15, 0.2) is 47.6 Å². The zero-order valence-electron chi connectivity index (χ0n) is 12.8. The molecular formula is C17H15ClN2O4. The summed E-state index contributed by atoms with van der Waals surface area (Å²) in [5, 5.41) is 14.5. The summed E-state index contributed by atoms with van der Waals surface area (Å²) in [6.07, 6.45) is 1.23. The van der Waals surface area contributed by atoms with E-state index in [9.17, 15) is 9.59 Å². The highest BCUT2D eigenvalue weighted by Gasteiger charge is 2.11. The Hall–Kier alpha value is -2.86. The third-order valence-corrected chi connectivity index (χ3v) is 3.64. The third kappa shape index (κ3) is 4.57. The largest absolute Gasteiger partial charge is 0.452 e. The molecule has 0 atom stereocenters. The number of rotatable bonds is 5. The predicted molar refractivity (Wildman–Crippen MR) is 90.9 cm³/mol. The van der Waals surface area contributed by atoms with Crippen LogP contribution in [0, 0.1) is 6.92 Å². The monoisotopic (exact) mass is 346 g/mol. The van der Waals surface area contributed by atoms with Gasteiger partial charge in [0.1, 0.15) is 0 Å². The molecule has 0 fully saturated rings. The zero-order chi connectivity index (χ0) is 17.5. The van der Waals surface area contributed by atoms with E-state index in [1.54, 1.807) is 37.3 Å². The summed E-state index contributed by atoms with van der Waals surface area (Å²) in [6.45, 7) is 1.37. The van der Waals surface area contributed by atoms with E-state index in [0.29, 0.717) is 16.3 Å². The van der Waals surface area contributed by atoms with E-state index in [-0.39, 0.29) is 5.56 Å². The van der Waals surface area contributed by atoms with Gasteiger partial charge in [-0.05, 0) is 42.3 Å². The summed E-state index contributed by atoms with van der Waals surface area (Å²) >= 11 is 5.98. The lowest BCUT2D eigenvalue weighted by Crippen LogP contribution is -2.21. The Balaban J connectivity index is 1.91. The lowest BCUT2D eigenvalue weighted by atomic mass is 10.1. The second-order valence-electron chi connectivity index (χ2n) is 4.90. The molecule has 0 heterocycles. The number of hydrogen-bond acceptors (Lipinski definition) is 5. The highest BCUT2D eigenvalue weighted by Crippen LogP contribution is 2.22. The molecule has 0 bridgehead atoms. The maximum atomic E-state index is 11.9. The van der Waals surface area contributed by atoms with Gasteiger partial charge in [-0.1, -0.05) is 35.0 Å². The fourth-order valence-electron chi connectivity index (χ4n) is 1.92. The highest BCUT2D eigenvalue weighted by molar-refractivity contribution is 6.31. The Labute approximate surface area is 143 Å². The molecule has 0 spiro atoms. The summed E-state index contributed by atoms with van der Waals surface area (Å²) < 4.78 is 4.97.